The third-order valence-electron chi connectivity index (χ3n) is 2.56. The first kappa shape index (κ1) is 11.2. The average Bonchev–Trinajstić information content (AvgIpc) is 2.65. The molecule has 0 saturated heterocycles. The van der Waals surface area contributed by atoms with E-state index in [1.165, 1.54) is 5.41 Å². The SMILES string of the molecule is N#CC(C#N)=C1/C(=C/S)C(=O)c2ccccc21. The molecular formula is C13H6N2OS. The lowest BCUT2D eigenvalue weighted by atomic mass is 10.0. The molecule has 0 saturated carbocycles. The molecule has 1 aromatic carbocycles. The standard InChI is InChI=1S/C13H6N2OS/c14-5-8(6-15)12-9-3-1-2-4-10(9)13(16)11(12)7-17/h1-4,7,17H/b11-7-. The van der Waals surface area contributed by atoms with Gasteiger partial charge in [-0.15, -0.1) is 0 Å². The second kappa shape index (κ2) is 4.29. The highest BCUT2D eigenvalue weighted by Gasteiger charge is 2.31. The fourth-order valence-corrected chi connectivity index (χ4v) is 2.08. The van der Waals surface area contributed by atoms with E-state index in [0.717, 1.165) is 0 Å². The number of thiol groups is 1. The minimum atomic E-state index is -0.200. The Balaban J connectivity index is 2.87. The first-order valence-electron chi connectivity index (χ1n) is 4.78. The van der Waals surface area contributed by atoms with E-state index in [2.05, 4.69) is 12.6 Å². The number of Topliss-reactive ketones (excluding diaryl/α,β-unsaturated/α-hetero) is 1. The number of allylic oxidation sites excluding steroid dienone is 3. The van der Waals surface area contributed by atoms with E-state index in [4.69, 9.17) is 10.5 Å². The molecule has 0 fully saturated rings. The van der Waals surface area contributed by atoms with Crippen molar-refractivity contribution in [2.24, 2.45) is 0 Å². The highest BCUT2D eigenvalue weighted by Crippen LogP contribution is 2.38. The van der Waals surface area contributed by atoms with Gasteiger partial charge in [-0.2, -0.15) is 23.2 Å². The van der Waals surface area contributed by atoms with Gasteiger partial charge in [-0.3, -0.25) is 4.79 Å². The summed E-state index contributed by atoms with van der Waals surface area (Å²) in [5.74, 6) is -0.200. The summed E-state index contributed by atoms with van der Waals surface area (Å²) >= 11 is 3.98. The maximum atomic E-state index is 12.0. The van der Waals surface area contributed by atoms with Gasteiger partial charge in [0.15, 0.2) is 5.78 Å². The van der Waals surface area contributed by atoms with E-state index in [1.807, 2.05) is 12.1 Å². The fraction of sp³-hybridized carbons (Fsp3) is 0. The molecule has 0 unspecified atom stereocenters. The van der Waals surface area contributed by atoms with Crippen molar-refractivity contribution in [2.45, 2.75) is 0 Å². The van der Waals surface area contributed by atoms with E-state index in [-0.39, 0.29) is 11.4 Å². The number of hydrogen-bond acceptors (Lipinski definition) is 4. The summed E-state index contributed by atoms with van der Waals surface area (Å²) < 4.78 is 0. The Bertz CT molecular complexity index is 641. The quantitative estimate of drug-likeness (QED) is 0.429. The topological polar surface area (TPSA) is 64.7 Å². The summed E-state index contributed by atoms with van der Waals surface area (Å²) in [5.41, 5.74) is 1.74. The molecule has 4 heteroatoms. The zero-order valence-corrected chi connectivity index (χ0v) is 9.53. The normalized spacial score (nSPS) is 15.4. The third kappa shape index (κ3) is 1.56. The van der Waals surface area contributed by atoms with Crippen molar-refractivity contribution in [2.75, 3.05) is 0 Å². The Morgan fingerprint density at radius 3 is 2.29 bits per heavy atom. The number of fused-ring (bicyclic) bond motifs is 1. The average molecular weight is 238 g/mol. The summed E-state index contributed by atoms with van der Waals surface area (Å²) in [4.78, 5) is 12.0. The van der Waals surface area contributed by atoms with Gasteiger partial charge in [-0.05, 0) is 11.0 Å². The van der Waals surface area contributed by atoms with Gasteiger partial charge in [-0.1, -0.05) is 24.3 Å². The van der Waals surface area contributed by atoms with Crippen molar-refractivity contribution < 1.29 is 4.79 Å². The molecule has 0 spiro atoms. The van der Waals surface area contributed by atoms with Crippen molar-refractivity contribution in [3.8, 4) is 12.1 Å². The second-order valence-electron chi connectivity index (χ2n) is 3.39. The number of nitriles is 2. The van der Waals surface area contributed by atoms with Crippen molar-refractivity contribution in [1.82, 2.24) is 0 Å². The van der Waals surface area contributed by atoms with Crippen LogP contribution in [0.5, 0.6) is 0 Å². The largest absolute Gasteiger partial charge is 0.289 e. The van der Waals surface area contributed by atoms with Crippen LogP contribution < -0.4 is 0 Å². The van der Waals surface area contributed by atoms with Crippen LogP contribution in [0, 0.1) is 22.7 Å². The molecule has 80 valence electrons. The van der Waals surface area contributed by atoms with Gasteiger partial charge < -0.3 is 0 Å². The minimum Gasteiger partial charge on any atom is -0.289 e. The molecule has 0 aliphatic heterocycles. The van der Waals surface area contributed by atoms with Gasteiger partial charge in [-0.25, -0.2) is 0 Å². The molecular weight excluding hydrogens is 232 g/mol. The first-order valence-corrected chi connectivity index (χ1v) is 5.29. The van der Waals surface area contributed by atoms with E-state index in [9.17, 15) is 4.79 Å². The molecule has 1 aliphatic rings. The number of hydrogen-bond donors (Lipinski definition) is 1. The number of carbonyl (C=O) groups excluding carboxylic acids is 1. The molecule has 1 aliphatic carbocycles. The molecule has 0 aromatic heterocycles. The number of ketones is 1. The minimum absolute atomic E-state index is 0.0661. The summed E-state index contributed by atoms with van der Waals surface area (Å²) in [6, 6.07) is 10.5. The molecule has 1 aromatic rings. The Kier molecular flexibility index (Phi) is 2.82. The molecule has 0 bridgehead atoms. The van der Waals surface area contributed by atoms with Crippen molar-refractivity contribution in [3.63, 3.8) is 0 Å². The summed E-state index contributed by atoms with van der Waals surface area (Å²) in [6.07, 6.45) is 0. The van der Waals surface area contributed by atoms with Crippen molar-refractivity contribution in [3.05, 3.63) is 51.9 Å². The Labute approximate surface area is 104 Å². The molecule has 17 heavy (non-hydrogen) atoms. The molecule has 0 radical (unpaired) electrons. The third-order valence-corrected chi connectivity index (χ3v) is 2.82. The summed E-state index contributed by atoms with van der Waals surface area (Å²) in [5, 5.41) is 19.2. The fourth-order valence-electron chi connectivity index (χ4n) is 1.83. The lowest BCUT2D eigenvalue weighted by Crippen LogP contribution is -1.94. The Morgan fingerprint density at radius 2 is 1.76 bits per heavy atom. The highest BCUT2D eigenvalue weighted by molar-refractivity contribution is 7.83. The summed E-state index contributed by atoms with van der Waals surface area (Å²) in [7, 11) is 0. The monoisotopic (exact) mass is 238 g/mol. The zero-order valence-electron chi connectivity index (χ0n) is 8.64. The van der Waals surface area contributed by atoms with Gasteiger partial charge in [0.25, 0.3) is 0 Å². The van der Waals surface area contributed by atoms with Gasteiger partial charge in [0, 0.05) is 16.7 Å². The van der Waals surface area contributed by atoms with Crippen LogP contribution in [0.2, 0.25) is 0 Å². The van der Waals surface area contributed by atoms with E-state index in [0.29, 0.717) is 22.3 Å². The number of rotatable bonds is 0. The van der Waals surface area contributed by atoms with Crippen LogP contribution in [0.4, 0.5) is 0 Å². The van der Waals surface area contributed by atoms with Crippen LogP contribution in [0.1, 0.15) is 15.9 Å². The number of benzene rings is 1. The molecule has 0 heterocycles. The maximum Gasteiger partial charge on any atom is 0.194 e. The van der Waals surface area contributed by atoms with Crippen LogP contribution >= 0.6 is 12.6 Å². The van der Waals surface area contributed by atoms with Crippen molar-refractivity contribution >= 4 is 24.0 Å². The first-order chi connectivity index (χ1) is 8.24. The van der Waals surface area contributed by atoms with E-state index in [1.54, 1.807) is 24.3 Å². The predicted octanol–water partition coefficient (Wildman–Crippen LogP) is 2.50. The van der Waals surface area contributed by atoms with Crippen LogP contribution in [0.3, 0.4) is 0 Å². The number of carbonyl (C=O) groups is 1. The Hall–Kier alpha value is -2.30. The molecule has 0 atom stereocenters. The smallest absolute Gasteiger partial charge is 0.194 e. The molecule has 0 N–H and O–H groups in total. The van der Waals surface area contributed by atoms with Crippen LogP contribution in [-0.2, 0) is 0 Å². The molecule has 0 amide bonds. The highest BCUT2D eigenvalue weighted by atomic mass is 32.1. The summed E-state index contributed by atoms with van der Waals surface area (Å²) in [6.45, 7) is 0. The predicted molar refractivity (Wildman–Crippen MR) is 66.0 cm³/mol. The van der Waals surface area contributed by atoms with Crippen molar-refractivity contribution in [1.29, 1.82) is 10.5 Å². The van der Waals surface area contributed by atoms with Gasteiger partial charge in [0.1, 0.15) is 17.7 Å². The van der Waals surface area contributed by atoms with E-state index >= 15 is 0 Å². The van der Waals surface area contributed by atoms with E-state index < -0.39 is 0 Å². The lowest BCUT2D eigenvalue weighted by Gasteiger charge is -1.99. The van der Waals surface area contributed by atoms with Crippen LogP contribution in [0.15, 0.2) is 40.8 Å². The van der Waals surface area contributed by atoms with Gasteiger partial charge in [0.05, 0.1) is 0 Å². The maximum absolute atomic E-state index is 12.0. The molecule has 2 rings (SSSR count). The zero-order chi connectivity index (χ0) is 12.4. The van der Waals surface area contributed by atoms with Gasteiger partial charge >= 0.3 is 0 Å². The molecule has 3 nitrogen and oxygen atoms in total. The number of nitrogens with zero attached hydrogens (tertiary/aromatic N) is 2. The lowest BCUT2D eigenvalue weighted by molar-refractivity contribution is 0.104. The Morgan fingerprint density at radius 1 is 1.18 bits per heavy atom. The van der Waals surface area contributed by atoms with Gasteiger partial charge in [0.2, 0.25) is 0 Å². The van der Waals surface area contributed by atoms with Crippen LogP contribution in [-0.4, -0.2) is 5.78 Å². The van der Waals surface area contributed by atoms with Crippen LogP contribution in [0.25, 0.3) is 5.57 Å². The second-order valence-corrected chi connectivity index (χ2v) is 3.65.